The Morgan fingerprint density at radius 2 is 2.29 bits per heavy atom. The molecule has 1 aromatic rings. The quantitative estimate of drug-likeness (QED) is 0.769. The van der Waals surface area contributed by atoms with Gasteiger partial charge in [0.2, 0.25) is 5.91 Å². The number of nitrogens with zero attached hydrogens (tertiary/aromatic N) is 1. The largest absolute Gasteiger partial charge is 0.370 e. The zero-order valence-electron chi connectivity index (χ0n) is 8.72. The SMILES string of the molecule is CCNc1cc(C)c(NC(C)=O)cn1. The lowest BCUT2D eigenvalue weighted by molar-refractivity contribution is -0.114. The average Bonchev–Trinajstić information content (AvgIpc) is 2.10. The Balaban J connectivity index is 2.84. The summed E-state index contributed by atoms with van der Waals surface area (Å²) in [6, 6.07) is 1.91. The molecule has 14 heavy (non-hydrogen) atoms. The van der Waals surface area contributed by atoms with Gasteiger partial charge in [0.05, 0.1) is 11.9 Å². The summed E-state index contributed by atoms with van der Waals surface area (Å²) in [6.07, 6.45) is 1.66. The van der Waals surface area contributed by atoms with E-state index in [0.29, 0.717) is 0 Å². The Kier molecular flexibility index (Phi) is 3.45. The maximum atomic E-state index is 10.8. The first kappa shape index (κ1) is 10.5. The van der Waals surface area contributed by atoms with Crippen LogP contribution in [0.3, 0.4) is 0 Å². The number of aromatic nitrogens is 1. The molecule has 76 valence electrons. The average molecular weight is 193 g/mol. The summed E-state index contributed by atoms with van der Waals surface area (Å²) in [6.45, 7) is 6.27. The van der Waals surface area contributed by atoms with Crippen LogP contribution in [0.15, 0.2) is 12.3 Å². The summed E-state index contributed by atoms with van der Waals surface area (Å²) >= 11 is 0. The Hall–Kier alpha value is -1.58. The van der Waals surface area contributed by atoms with Crippen molar-refractivity contribution in [3.63, 3.8) is 0 Å². The van der Waals surface area contributed by atoms with Crippen molar-refractivity contribution in [3.05, 3.63) is 17.8 Å². The fourth-order valence-electron chi connectivity index (χ4n) is 1.15. The van der Waals surface area contributed by atoms with Gasteiger partial charge in [-0.3, -0.25) is 4.79 Å². The minimum absolute atomic E-state index is 0.0777. The summed E-state index contributed by atoms with van der Waals surface area (Å²) < 4.78 is 0. The lowest BCUT2D eigenvalue weighted by Crippen LogP contribution is -2.08. The zero-order chi connectivity index (χ0) is 10.6. The van der Waals surface area contributed by atoms with E-state index in [-0.39, 0.29) is 5.91 Å². The molecule has 0 aromatic carbocycles. The minimum Gasteiger partial charge on any atom is -0.370 e. The molecule has 0 atom stereocenters. The molecule has 1 heterocycles. The van der Waals surface area contributed by atoms with Crippen LogP contribution in [-0.4, -0.2) is 17.4 Å². The van der Waals surface area contributed by atoms with Crippen molar-refractivity contribution in [3.8, 4) is 0 Å². The molecule has 4 heteroatoms. The molecule has 0 saturated carbocycles. The first-order valence-corrected chi connectivity index (χ1v) is 4.61. The standard InChI is InChI=1S/C10H15N3O/c1-4-11-10-5-7(2)9(6-12-10)13-8(3)14/h5-6H,4H2,1-3H3,(H,11,12)(H,13,14). The third kappa shape index (κ3) is 2.73. The number of carbonyl (C=O) groups excluding carboxylic acids is 1. The van der Waals surface area contributed by atoms with Gasteiger partial charge in [0, 0.05) is 13.5 Å². The molecular formula is C10H15N3O. The van der Waals surface area contributed by atoms with Crippen LogP contribution in [0, 0.1) is 6.92 Å². The van der Waals surface area contributed by atoms with Crippen LogP contribution in [0.25, 0.3) is 0 Å². The molecule has 1 rings (SSSR count). The Morgan fingerprint density at radius 1 is 1.57 bits per heavy atom. The third-order valence-electron chi connectivity index (χ3n) is 1.78. The summed E-state index contributed by atoms with van der Waals surface area (Å²) in [4.78, 5) is 15.0. The molecule has 0 aliphatic carbocycles. The van der Waals surface area contributed by atoms with E-state index in [0.717, 1.165) is 23.6 Å². The highest BCUT2D eigenvalue weighted by molar-refractivity contribution is 5.89. The maximum Gasteiger partial charge on any atom is 0.221 e. The summed E-state index contributed by atoms with van der Waals surface area (Å²) in [5.74, 6) is 0.755. The van der Waals surface area contributed by atoms with Crippen molar-refractivity contribution in [2.45, 2.75) is 20.8 Å². The molecule has 1 amide bonds. The van der Waals surface area contributed by atoms with Crippen LogP contribution < -0.4 is 10.6 Å². The second-order valence-corrected chi connectivity index (χ2v) is 3.10. The van der Waals surface area contributed by atoms with E-state index >= 15 is 0 Å². The van der Waals surface area contributed by atoms with E-state index in [2.05, 4.69) is 15.6 Å². The fraction of sp³-hybridized carbons (Fsp3) is 0.400. The zero-order valence-corrected chi connectivity index (χ0v) is 8.72. The Labute approximate surface area is 83.7 Å². The number of nitrogens with one attached hydrogen (secondary N) is 2. The number of amides is 1. The van der Waals surface area contributed by atoms with Crippen molar-refractivity contribution in [2.75, 3.05) is 17.2 Å². The third-order valence-corrected chi connectivity index (χ3v) is 1.78. The normalized spacial score (nSPS) is 9.64. The van der Waals surface area contributed by atoms with E-state index in [9.17, 15) is 4.79 Å². The molecule has 0 unspecified atom stereocenters. The van der Waals surface area contributed by atoms with Gasteiger partial charge in [-0.2, -0.15) is 0 Å². The molecule has 1 aromatic heterocycles. The van der Waals surface area contributed by atoms with Gasteiger partial charge < -0.3 is 10.6 Å². The molecule has 0 fully saturated rings. The van der Waals surface area contributed by atoms with Gasteiger partial charge >= 0.3 is 0 Å². The van der Waals surface area contributed by atoms with E-state index in [4.69, 9.17) is 0 Å². The monoisotopic (exact) mass is 193 g/mol. The van der Waals surface area contributed by atoms with Crippen LogP contribution in [0.2, 0.25) is 0 Å². The number of aryl methyl sites for hydroxylation is 1. The molecule has 0 radical (unpaired) electrons. The van der Waals surface area contributed by atoms with Crippen LogP contribution in [0.4, 0.5) is 11.5 Å². The lowest BCUT2D eigenvalue weighted by atomic mass is 10.2. The molecule has 0 bridgehead atoms. The Bertz CT molecular complexity index is 336. The molecular weight excluding hydrogens is 178 g/mol. The predicted octanol–water partition coefficient (Wildman–Crippen LogP) is 1.78. The molecule has 0 spiro atoms. The van der Waals surface area contributed by atoms with Crippen molar-refractivity contribution < 1.29 is 4.79 Å². The van der Waals surface area contributed by atoms with Gasteiger partial charge in [0.15, 0.2) is 0 Å². The first-order chi connectivity index (χ1) is 6.63. The van der Waals surface area contributed by atoms with Crippen LogP contribution >= 0.6 is 0 Å². The van der Waals surface area contributed by atoms with E-state index < -0.39 is 0 Å². The van der Waals surface area contributed by atoms with Gasteiger partial charge in [-0.25, -0.2) is 4.98 Å². The van der Waals surface area contributed by atoms with Gasteiger partial charge in [0.1, 0.15) is 5.82 Å². The number of anilines is 2. The maximum absolute atomic E-state index is 10.8. The van der Waals surface area contributed by atoms with E-state index in [1.807, 2.05) is 19.9 Å². The van der Waals surface area contributed by atoms with Crippen molar-refractivity contribution in [1.29, 1.82) is 0 Å². The van der Waals surface area contributed by atoms with Crippen LogP contribution in [0.5, 0.6) is 0 Å². The fourth-order valence-corrected chi connectivity index (χ4v) is 1.15. The number of hydrogen-bond acceptors (Lipinski definition) is 3. The number of pyridine rings is 1. The Morgan fingerprint density at radius 3 is 2.79 bits per heavy atom. The number of rotatable bonds is 3. The van der Waals surface area contributed by atoms with Crippen molar-refractivity contribution in [1.82, 2.24) is 4.98 Å². The highest BCUT2D eigenvalue weighted by Gasteiger charge is 2.01. The first-order valence-electron chi connectivity index (χ1n) is 4.61. The topological polar surface area (TPSA) is 54.0 Å². The van der Waals surface area contributed by atoms with Gasteiger partial charge in [-0.05, 0) is 25.5 Å². The molecule has 2 N–H and O–H groups in total. The van der Waals surface area contributed by atoms with Crippen molar-refractivity contribution >= 4 is 17.4 Å². The minimum atomic E-state index is -0.0777. The lowest BCUT2D eigenvalue weighted by Gasteiger charge is -2.08. The van der Waals surface area contributed by atoms with E-state index in [1.54, 1.807) is 6.20 Å². The summed E-state index contributed by atoms with van der Waals surface area (Å²) in [5, 5.41) is 5.82. The molecule has 0 aliphatic heterocycles. The smallest absolute Gasteiger partial charge is 0.221 e. The van der Waals surface area contributed by atoms with Gasteiger partial charge in [-0.15, -0.1) is 0 Å². The molecule has 4 nitrogen and oxygen atoms in total. The second kappa shape index (κ2) is 4.60. The highest BCUT2D eigenvalue weighted by Crippen LogP contribution is 2.16. The van der Waals surface area contributed by atoms with Crippen molar-refractivity contribution in [2.24, 2.45) is 0 Å². The molecule has 0 aliphatic rings. The second-order valence-electron chi connectivity index (χ2n) is 3.10. The molecule has 0 saturated heterocycles. The predicted molar refractivity (Wildman–Crippen MR) is 57.4 cm³/mol. The summed E-state index contributed by atoms with van der Waals surface area (Å²) in [5.41, 5.74) is 1.77. The number of hydrogen-bond donors (Lipinski definition) is 2. The van der Waals surface area contributed by atoms with Gasteiger partial charge in [0.25, 0.3) is 0 Å². The van der Waals surface area contributed by atoms with Crippen LogP contribution in [-0.2, 0) is 4.79 Å². The highest BCUT2D eigenvalue weighted by atomic mass is 16.1. The van der Waals surface area contributed by atoms with E-state index in [1.165, 1.54) is 6.92 Å². The van der Waals surface area contributed by atoms with Crippen LogP contribution in [0.1, 0.15) is 19.4 Å². The summed E-state index contributed by atoms with van der Waals surface area (Å²) in [7, 11) is 0. The number of carbonyl (C=O) groups is 1. The van der Waals surface area contributed by atoms with Gasteiger partial charge in [-0.1, -0.05) is 0 Å².